The van der Waals surface area contributed by atoms with Gasteiger partial charge in [0.2, 0.25) is 0 Å². The minimum atomic E-state index is -4.48. The zero-order valence-corrected chi connectivity index (χ0v) is 13.6. The number of carbonyl (C=O) groups excluding carboxylic acids is 1. The molecule has 2 aromatic rings. The molecule has 0 radical (unpaired) electrons. The quantitative estimate of drug-likeness (QED) is 0.907. The number of aryl methyl sites for hydroxylation is 1. The van der Waals surface area contributed by atoms with Crippen molar-refractivity contribution in [3.8, 4) is 5.75 Å². The van der Waals surface area contributed by atoms with Crippen molar-refractivity contribution in [1.29, 1.82) is 0 Å². The minimum Gasteiger partial charge on any atom is -0.507 e. The Labute approximate surface area is 138 Å². The van der Waals surface area contributed by atoms with E-state index in [1.807, 2.05) is 0 Å². The van der Waals surface area contributed by atoms with Crippen LogP contribution in [0.2, 0.25) is 0 Å². The lowest BCUT2D eigenvalue weighted by molar-refractivity contribution is -0.138. The molecule has 0 bridgehead atoms. The normalized spacial score (nSPS) is 11.4. The molecule has 2 rings (SSSR count). The molecule has 1 N–H and O–H groups in total. The van der Waals surface area contributed by atoms with E-state index >= 15 is 0 Å². The van der Waals surface area contributed by atoms with Crippen molar-refractivity contribution in [3.63, 3.8) is 0 Å². The molecule has 0 fully saturated rings. The number of rotatable bonds is 3. The summed E-state index contributed by atoms with van der Waals surface area (Å²) in [5, 5.41) is 10.1. The first kappa shape index (κ1) is 17.8. The molecular formula is C18H18F3NO2. The number of halogens is 3. The summed E-state index contributed by atoms with van der Waals surface area (Å²) in [4.78, 5) is 13.6. The third-order valence-electron chi connectivity index (χ3n) is 4.01. The molecule has 0 heterocycles. The number of nitrogens with zero attached hydrogens (tertiary/aromatic N) is 1. The van der Waals surface area contributed by atoms with E-state index in [-0.39, 0.29) is 23.4 Å². The molecule has 0 atom stereocenters. The number of alkyl halides is 3. The average Bonchev–Trinajstić information content (AvgIpc) is 2.51. The predicted octanol–water partition coefficient (Wildman–Crippen LogP) is 4.30. The number of phenolic OH excluding ortho intramolecular Hbond substituents is 1. The fourth-order valence-electron chi connectivity index (χ4n) is 2.44. The van der Waals surface area contributed by atoms with Gasteiger partial charge < -0.3 is 10.0 Å². The Hall–Kier alpha value is -2.50. The first-order valence-electron chi connectivity index (χ1n) is 7.32. The Morgan fingerprint density at radius 1 is 1.12 bits per heavy atom. The molecular weight excluding hydrogens is 319 g/mol. The largest absolute Gasteiger partial charge is 0.507 e. The Morgan fingerprint density at radius 3 is 2.38 bits per heavy atom. The highest BCUT2D eigenvalue weighted by atomic mass is 19.4. The van der Waals surface area contributed by atoms with E-state index in [1.54, 1.807) is 19.9 Å². The van der Waals surface area contributed by atoms with Gasteiger partial charge >= 0.3 is 6.18 Å². The van der Waals surface area contributed by atoms with Crippen LogP contribution in [0.1, 0.15) is 32.6 Å². The van der Waals surface area contributed by atoms with Crippen molar-refractivity contribution < 1.29 is 23.1 Å². The highest BCUT2D eigenvalue weighted by Gasteiger charge is 2.33. The van der Waals surface area contributed by atoms with Crippen molar-refractivity contribution in [2.45, 2.75) is 26.6 Å². The number of aromatic hydroxyl groups is 1. The predicted molar refractivity (Wildman–Crippen MR) is 84.8 cm³/mol. The molecule has 0 saturated carbocycles. The lowest BCUT2D eigenvalue weighted by Gasteiger charge is -2.21. The van der Waals surface area contributed by atoms with Crippen molar-refractivity contribution in [2.75, 3.05) is 7.05 Å². The monoisotopic (exact) mass is 337 g/mol. The minimum absolute atomic E-state index is 0.00386. The Balaban J connectivity index is 2.30. The van der Waals surface area contributed by atoms with E-state index in [4.69, 9.17) is 0 Å². The molecule has 0 aliphatic rings. The molecule has 3 nitrogen and oxygen atoms in total. The van der Waals surface area contributed by atoms with Crippen LogP contribution in [0.15, 0.2) is 36.4 Å². The molecule has 24 heavy (non-hydrogen) atoms. The van der Waals surface area contributed by atoms with Crippen LogP contribution in [0.3, 0.4) is 0 Å². The molecule has 0 aliphatic heterocycles. The highest BCUT2D eigenvalue weighted by molar-refractivity contribution is 5.97. The number of benzene rings is 2. The van der Waals surface area contributed by atoms with Gasteiger partial charge in [-0.25, -0.2) is 0 Å². The molecule has 0 aliphatic carbocycles. The molecule has 0 aromatic heterocycles. The average molecular weight is 337 g/mol. The van der Waals surface area contributed by atoms with Gasteiger partial charge in [0.25, 0.3) is 5.91 Å². The van der Waals surface area contributed by atoms with Gasteiger partial charge in [0.15, 0.2) is 0 Å². The topological polar surface area (TPSA) is 40.5 Å². The van der Waals surface area contributed by atoms with Crippen molar-refractivity contribution in [2.24, 2.45) is 0 Å². The number of carbonyl (C=O) groups is 1. The van der Waals surface area contributed by atoms with Crippen LogP contribution in [-0.4, -0.2) is 23.0 Å². The van der Waals surface area contributed by atoms with Crippen LogP contribution in [0.4, 0.5) is 13.2 Å². The SMILES string of the molecule is Cc1ccc(C(=O)N(C)Cc2ccccc2C(F)(F)F)c(O)c1C. The van der Waals surface area contributed by atoms with Crippen LogP contribution in [-0.2, 0) is 12.7 Å². The molecule has 6 heteroatoms. The van der Waals surface area contributed by atoms with E-state index < -0.39 is 17.6 Å². The summed E-state index contributed by atoms with van der Waals surface area (Å²) in [6.07, 6.45) is -4.48. The third kappa shape index (κ3) is 3.53. The molecule has 128 valence electrons. The zero-order chi connectivity index (χ0) is 18.1. The lowest BCUT2D eigenvalue weighted by atomic mass is 10.0. The lowest BCUT2D eigenvalue weighted by Crippen LogP contribution is -2.27. The van der Waals surface area contributed by atoms with E-state index in [0.717, 1.165) is 16.5 Å². The number of hydrogen-bond donors (Lipinski definition) is 1. The summed E-state index contributed by atoms with van der Waals surface area (Å²) in [5.41, 5.74) is 0.710. The number of phenols is 1. The Morgan fingerprint density at radius 2 is 1.75 bits per heavy atom. The fourth-order valence-corrected chi connectivity index (χ4v) is 2.44. The second-order valence-electron chi connectivity index (χ2n) is 5.72. The van der Waals surface area contributed by atoms with Gasteiger partial charge in [0.1, 0.15) is 5.75 Å². The van der Waals surface area contributed by atoms with Gasteiger partial charge in [-0.05, 0) is 42.7 Å². The number of amides is 1. The maximum Gasteiger partial charge on any atom is 0.416 e. The van der Waals surface area contributed by atoms with Crippen molar-refractivity contribution >= 4 is 5.91 Å². The second kappa shape index (κ2) is 6.55. The molecule has 0 spiro atoms. The van der Waals surface area contributed by atoms with Gasteiger partial charge in [-0.15, -0.1) is 0 Å². The summed E-state index contributed by atoms with van der Waals surface area (Å²) in [6.45, 7) is 3.27. The summed E-state index contributed by atoms with van der Waals surface area (Å²) in [5.74, 6) is -0.677. The molecule has 0 unspecified atom stereocenters. The Bertz CT molecular complexity index is 769. The van der Waals surface area contributed by atoms with Gasteiger partial charge in [-0.3, -0.25) is 4.79 Å². The first-order valence-corrected chi connectivity index (χ1v) is 7.32. The zero-order valence-electron chi connectivity index (χ0n) is 13.6. The van der Waals surface area contributed by atoms with E-state index in [2.05, 4.69) is 0 Å². The summed E-state index contributed by atoms with van der Waals surface area (Å²) < 4.78 is 39.1. The van der Waals surface area contributed by atoms with Crippen LogP contribution >= 0.6 is 0 Å². The van der Waals surface area contributed by atoms with Crippen LogP contribution in [0.5, 0.6) is 5.75 Å². The smallest absolute Gasteiger partial charge is 0.416 e. The van der Waals surface area contributed by atoms with Crippen LogP contribution in [0.25, 0.3) is 0 Å². The van der Waals surface area contributed by atoms with Crippen molar-refractivity contribution in [1.82, 2.24) is 4.90 Å². The number of hydrogen-bond acceptors (Lipinski definition) is 2. The maximum absolute atomic E-state index is 13.0. The Kier molecular flexibility index (Phi) is 4.87. The third-order valence-corrected chi connectivity index (χ3v) is 4.01. The summed E-state index contributed by atoms with van der Waals surface area (Å²) in [6, 6.07) is 8.31. The van der Waals surface area contributed by atoms with Crippen LogP contribution in [0, 0.1) is 13.8 Å². The highest BCUT2D eigenvalue weighted by Crippen LogP contribution is 2.33. The standard InChI is InChI=1S/C18H18F3NO2/c1-11-8-9-14(16(23)12(11)2)17(24)22(3)10-13-6-4-5-7-15(13)18(19,20)21/h4-9,23H,10H2,1-3H3. The van der Waals surface area contributed by atoms with Crippen LogP contribution < -0.4 is 0 Å². The first-order chi connectivity index (χ1) is 11.1. The van der Waals surface area contributed by atoms with E-state index in [1.165, 1.54) is 31.3 Å². The maximum atomic E-state index is 13.0. The second-order valence-corrected chi connectivity index (χ2v) is 5.72. The molecule has 2 aromatic carbocycles. The molecule has 1 amide bonds. The van der Waals surface area contributed by atoms with Gasteiger partial charge in [-0.1, -0.05) is 24.3 Å². The fraction of sp³-hybridized carbons (Fsp3) is 0.278. The van der Waals surface area contributed by atoms with Gasteiger partial charge in [-0.2, -0.15) is 13.2 Å². The van der Waals surface area contributed by atoms with E-state index in [0.29, 0.717) is 5.56 Å². The van der Waals surface area contributed by atoms with Crippen molar-refractivity contribution in [3.05, 3.63) is 64.2 Å². The summed E-state index contributed by atoms with van der Waals surface area (Å²) >= 11 is 0. The van der Waals surface area contributed by atoms with Gasteiger partial charge in [0.05, 0.1) is 11.1 Å². The van der Waals surface area contributed by atoms with Gasteiger partial charge in [0, 0.05) is 13.6 Å². The molecule has 0 saturated heterocycles. The summed E-state index contributed by atoms with van der Waals surface area (Å²) in [7, 11) is 1.41. The van der Waals surface area contributed by atoms with E-state index in [9.17, 15) is 23.1 Å².